The van der Waals surface area contributed by atoms with Gasteiger partial charge in [0.15, 0.2) is 0 Å². The van der Waals surface area contributed by atoms with Crippen LogP contribution in [0.25, 0.3) is 10.8 Å². The third-order valence-corrected chi connectivity index (χ3v) is 3.88. The molecule has 0 aliphatic rings. The van der Waals surface area contributed by atoms with Gasteiger partial charge in [-0.1, -0.05) is 36.5 Å². The minimum absolute atomic E-state index is 0.0649. The summed E-state index contributed by atoms with van der Waals surface area (Å²) in [6.45, 7) is 6.43. The summed E-state index contributed by atoms with van der Waals surface area (Å²) < 4.78 is 7.14. The molecule has 0 fully saturated rings. The molecule has 0 spiro atoms. The lowest BCUT2D eigenvalue weighted by Crippen LogP contribution is -2.25. The Balaban J connectivity index is 2.66. The van der Waals surface area contributed by atoms with E-state index >= 15 is 0 Å². The minimum atomic E-state index is -0.193. The Morgan fingerprint density at radius 3 is 2.43 bits per heavy atom. The maximum Gasteiger partial charge on any atom is 0.275 e. The van der Waals surface area contributed by atoms with E-state index in [-0.39, 0.29) is 11.6 Å². The summed E-state index contributed by atoms with van der Waals surface area (Å²) in [5, 5.41) is 6.13. The molecule has 1 aromatic carbocycles. The van der Waals surface area contributed by atoms with Gasteiger partial charge in [0.2, 0.25) is 5.88 Å². The molecule has 4 nitrogen and oxygen atoms in total. The molecule has 2 aromatic rings. The number of nitrogens with zero attached hydrogens (tertiary/aromatic N) is 2. The van der Waals surface area contributed by atoms with Gasteiger partial charge in [0.1, 0.15) is 0 Å². The van der Waals surface area contributed by atoms with E-state index < -0.39 is 0 Å². The van der Waals surface area contributed by atoms with Gasteiger partial charge in [-0.25, -0.2) is 4.68 Å². The summed E-state index contributed by atoms with van der Waals surface area (Å²) in [6, 6.07) is 3.15. The summed E-state index contributed by atoms with van der Waals surface area (Å²) in [6.07, 6.45) is 1.94. The van der Waals surface area contributed by atoms with E-state index in [0.29, 0.717) is 33.3 Å². The van der Waals surface area contributed by atoms with E-state index in [1.165, 1.54) is 4.68 Å². The lowest BCUT2D eigenvalue weighted by molar-refractivity contribution is 0.289. The van der Waals surface area contributed by atoms with Crippen molar-refractivity contribution >= 4 is 34.0 Å². The number of rotatable bonds is 5. The zero-order valence-electron chi connectivity index (χ0n) is 12.3. The van der Waals surface area contributed by atoms with Crippen LogP contribution in [-0.4, -0.2) is 16.4 Å². The molecule has 21 heavy (non-hydrogen) atoms. The first kappa shape index (κ1) is 16.1. The molecule has 0 aliphatic carbocycles. The van der Waals surface area contributed by atoms with Gasteiger partial charge in [-0.2, -0.15) is 0 Å². The Hall–Kier alpha value is -1.26. The second kappa shape index (κ2) is 6.67. The molecule has 0 saturated carbocycles. The molecule has 0 atom stereocenters. The predicted octanol–water partition coefficient (Wildman–Crippen LogP) is 4.46. The van der Waals surface area contributed by atoms with Crippen molar-refractivity contribution in [3.63, 3.8) is 0 Å². The molecule has 6 heteroatoms. The quantitative estimate of drug-likeness (QED) is 0.761. The highest BCUT2D eigenvalue weighted by molar-refractivity contribution is 6.42. The highest BCUT2D eigenvalue weighted by atomic mass is 35.5. The lowest BCUT2D eigenvalue weighted by atomic mass is 10.2. The summed E-state index contributed by atoms with van der Waals surface area (Å²) >= 11 is 12.1. The van der Waals surface area contributed by atoms with Gasteiger partial charge >= 0.3 is 0 Å². The van der Waals surface area contributed by atoms with Crippen LogP contribution >= 0.6 is 23.2 Å². The Morgan fingerprint density at radius 2 is 1.86 bits per heavy atom. The molecule has 0 unspecified atom stereocenters. The van der Waals surface area contributed by atoms with Gasteiger partial charge in [-0.05, 0) is 32.4 Å². The second-order valence-electron chi connectivity index (χ2n) is 5.16. The van der Waals surface area contributed by atoms with Crippen LogP contribution in [0.15, 0.2) is 16.9 Å². The molecule has 114 valence electrons. The van der Waals surface area contributed by atoms with E-state index in [0.717, 1.165) is 12.8 Å². The van der Waals surface area contributed by atoms with Gasteiger partial charge in [0, 0.05) is 0 Å². The molecule has 0 N–H and O–H groups in total. The van der Waals surface area contributed by atoms with Crippen LogP contribution in [0, 0.1) is 0 Å². The summed E-state index contributed by atoms with van der Waals surface area (Å²) in [4.78, 5) is 12.5. The molecule has 0 amide bonds. The summed E-state index contributed by atoms with van der Waals surface area (Å²) in [7, 11) is 0. The Kier molecular flexibility index (Phi) is 5.12. The number of hydrogen-bond donors (Lipinski definition) is 0. The third-order valence-electron chi connectivity index (χ3n) is 3.15. The standard InChI is InChI=1S/C15H18Cl2N2O2/c1-4-5-6-21-14-10-7-12(16)13(17)8-11(10)15(20)19(18-14)9(2)3/h7-9H,4-6H2,1-3H3. The highest BCUT2D eigenvalue weighted by Crippen LogP contribution is 2.30. The Morgan fingerprint density at radius 1 is 1.24 bits per heavy atom. The van der Waals surface area contributed by atoms with Gasteiger partial charge in [0.05, 0.1) is 33.5 Å². The SMILES string of the molecule is CCCCOc1nn(C(C)C)c(=O)c2cc(Cl)c(Cl)cc12. The fraction of sp³-hybridized carbons (Fsp3) is 0.467. The summed E-state index contributed by atoms with van der Waals surface area (Å²) in [5.41, 5.74) is -0.193. The van der Waals surface area contributed by atoms with Crippen LogP contribution in [0.4, 0.5) is 0 Å². The van der Waals surface area contributed by atoms with Crippen molar-refractivity contribution in [1.82, 2.24) is 9.78 Å². The summed E-state index contributed by atoms with van der Waals surface area (Å²) in [5.74, 6) is 0.422. The van der Waals surface area contributed by atoms with E-state index in [1.54, 1.807) is 12.1 Å². The average molecular weight is 329 g/mol. The molecule has 0 radical (unpaired) electrons. The maximum absolute atomic E-state index is 12.5. The zero-order valence-corrected chi connectivity index (χ0v) is 13.8. The number of halogens is 2. The minimum Gasteiger partial charge on any atom is -0.476 e. The molecular formula is C15H18Cl2N2O2. The van der Waals surface area contributed by atoms with E-state index in [1.807, 2.05) is 13.8 Å². The number of unbranched alkanes of at least 4 members (excludes halogenated alkanes) is 1. The molecule has 0 bridgehead atoms. The lowest BCUT2D eigenvalue weighted by Gasteiger charge is -2.14. The van der Waals surface area contributed by atoms with Crippen molar-refractivity contribution in [3.8, 4) is 5.88 Å². The second-order valence-corrected chi connectivity index (χ2v) is 5.98. The van der Waals surface area contributed by atoms with Gasteiger partial charge in [-0.15, -0.1) is 5.10 Å². The molecular weight excluding hydrogens is 311 g/mol. The van der Waals surface area contributed by atoms with Crippen molar-refractivity contribution in [2.75, 3.05) is 6.61 Å². The molecule has 0 aliphatic heterocycles. The average Bonchev–Trinajstić information content (AvgIpc) is 2.43. The van der Waals surface area contributed by atoms with Crippen LogP contribution < -0.4 is 10.3 Å². The van der Waals surface area contributed by atoms with Crippen molar-refractivity contribution in [1.29, 1.82) is 0 Å². The fourth-order valence-electron chi connectivity index (χ4n) is 1.99. The predicted molar refractivity (Wildman–Crippen MR) is 86.8 cm³/mol. The number of hydrogen-bond acceptors (Lipinski definition) is 3. The van der Waals surface area contributed by atoms with Crippen LogP contribution in [0.2, 0.25) is 10.0 Å². The number of fused-ring (bicyclic) bond motifs is 1. The van der Waals surface area contributed by atoms with Crippen molar-refractivity contribution in [2.24, 2.45) is 0 Å². The van der Waals surface area contributed by atoms with Crippen LogP contribution in [0.5, 0.6) is 5.88 Å². The fourth-order valence-corrected chi connectivity index (χ4v) is 2.32. The smallest absolute Gasteiger partial charge is 0.275 e. The molecule has 1 heterocycles. The first-order valence-electron chi connectivity index (χ1n) is 7.00. The van der Waals surface area contributed by atoms with Gasteiger partial charge in [0.25, 0.3) is 5.56 Å². The molecule has 2 rings (SSSR count). The highest BCUT2D eigenvalue weighted by Gasteiger charge is 2.15. The van der Waals surface area contributed by atoms with E-state index in [2.05, 4.69) is 12.0 Å². The van der Waals surface area contributed by atoms with Gasteiger partial charge in [-0.3, -0.25) is 4.79 Å². The molecule has 1 aromatic heterocycles. The van der Waals surface area contributed by atoms with Crippen molar-refractivity contribution in [3.05, 3.63) is 32.5 Å². The van der Waals surface area contributed by atoms with E-state index in [4.69, 9.17) is 27.9 Å². The maximum atomic E-state index is 12.5. The Labute approximate surface area is 133 Å². The largest absolute Gasteiger partial charge is 0.476 e. The Bertz CT molecular complexity index is 711. The zero-order chi connectivity index (χ0) is 15.6. The number of aromatic nitrogens is 2. The topological polar surface area (TPSA) is 44.1 Å². The monoisotopic (exact) mass is 328 g/mol. The first-order valence-corrected chi connectivity index (χ1v) is 7.75. The van der Waals surface area contributed by atoms with Crippen LogP contribution in [0.1, 0.15) is 39.7 Å². The number of ether oxygens (including phenoxy) is 1. The van der Waals surface area contributed by atoms with Gasteiger partial charge < -0.3 is 4.74 Å². The van der Waals surface area contributed by atoms with Crippen LogP contribution in [0.3, 0.4) is 0 Å². The number of benzene rings is 1. The van der Waals surface area contributed by atoms with Crippen molar-refractivity contribution < 1.29 is 4.74 Å². The third kappa shape index (κ3) is 3.33. The van der Waals surface area contributed by atoms with Crippen LogP contribution in [-0.2, 0) is 0 Å². The van der Waals surface area contributed by atoms with Crippen molar-refractivity contribution in [2.45, 2.75) is 39.7 Å². The first-order chi connectivity index (χ1) is 9.95. The molecule has 0 saturated heterocycles. The normalized spacial score (nSPS) is 11.3. The van der Waals surface area contributed by atoms with E-state index in [9.17, 15) is 4.79 Å².